The van der Waals surface area contributed by atoms with Crippen LogP contribution in [0.1, 0.15) is 41.9 Å². The zero-order valence-corrected chi connectivity index (χ0v) is 10.8. The van der Waals surface area contributed by atoms with Crippen molar-refractivity contribution in [3.05, 3.63) is 46.5 Å². The van der Waals surface area contributed by atoms with Crippen molar-refractivity contribution in [2.45, 2.75) is 32.3 Å². The van der Waals surface area contributed by atoms with Gasteiger partial charge in [0.25, 0.3) is 0 Å². The topological polar surface area (TPSA) is 46.0 Å². The van der Waals surface area contributed by atoms with Gasteiger partial charge >= 0.3 is 0 Å². The lowest BCUT2D eigenvalue weighted by Crippen LogP contribution is -2.00. The molecule has 0 aliphatic carbocycles. The zero-order chi connectivity index (χ0) is 12.3. The molecule has 90 valence electrons. The maximum absolute atomic E-state index is 9.97. The molecular formula is C13H16N2OS. The van der Waals surface area contributed by atoms with Gasteiger partial charge in [0, 0.05) is 6.42 Å². The van der Waals surface area contributed by atoms with Gasteiger partial charge in [0.1, 0.15) is 0 Å². The lowest BCUT2D eigenvalue weighted by molar-refractivity contribution is 0.182. The van der Waals surface area contributed by atoms with Gasteiger partial charge in [0.15, 0.2) is 0 Å². The van der Waals surface area contributed by atoms with Crippen molar-refractivity contribution in [3.8, 4) is 0 Å². The van der Waals surface area contributed by atoms with E-state index in [4.69, 9.17) is 0 Å². The molecule has 0 aliphatic heterocycles. The molecule has 1 aromatic carbocycles. The Kier molecular flexibility index (Phi) is 3.86. The van der Waals surface area contributed by atoms with E-state index in [9.17, 15) is 5.11 Å². The summed E-state index contributed by atoms with van der Waals surface area (Å²) in [5.41, 5.74) is 2.46. The Bertz CT molecular complexity index is 451. The number of aliphatic hydroxyl groups is 1. The molecule has 3 nitrogen and oxygen atoms in total. The first-order valence-corrected chi connectivity index (χ1v) is 6.48. The molecular weight excluding hydrogens is 232 g/mol. The van der Waals surface area contributed by atoms with Crippen LogP contribution in [0, 0.1) is 0 Å². The van der Waals surface area contributed by atoms with Crippen molar-refractivity contribution in [1.82, 2.24) is 9.59 Å². The number of hydrogen-bond donors (Lipinski definition) is 1. The summed E-state index contributed by atoms with van der Waals surface area (Å²) in [5, 5.41) is 13.7. The van der Waals surface area contributed by atoms with E-state index in [0.29, 0.717) is 12.3 Å². The van der Waals surface area contributed by atoms with E-state index in [-0.39, 0.29) is 0 Å². The molecule has 2 rings (SSSR count). The molecule has 0 aliphatic rings. The van der Waals surface area contributed by atoms with E-state index >= 15 is 0 Å². The van der Waals surface area contributed by atoms with Crippen molar-refractivity contribution in [2.24, 2.45) is 0 Å². The lowest BCUT2D eigenvalue weighted by Gasteiger charge is -2.09. The highest BCUT2D eigenvalue weighted by atomic mass is 32.1. The third kappa shape index (κ3) is 3.11. The smallest absolute Gasteiger partial charge is 0.0954 e. The molecule has 17 heavy (non-hydrogen) atoms. The van der Waals surface area contributed by atoms with Crippen molar-refractivity contribution in [1.29, 1.82) is 0 Å². The number of nitrogens with zero attached hydrogens (tertiary/aromatic N) is 2. The molecule has 1 heterocycles. The highest BCUT2D eigenvalue weighted by molar-refractivity contribution is 7.05. The monoisotopic (exact) mass is 248 g/mol. The van der Waals surface area contributed by atoms with Gasteiger partial charge in [-0.05, 0) is 28.6 Å². The molecule has 1 unspecified atom stereocenters. The zero-order valence-electron chi connectivity index (χ0n) is 10.00. The molecule has 1 atom stereocenters. The standard InChI is InChI=1S/C13H16N2OS/c1-9(2)11-5-3-10(4-6-11)7-12(16)13-8-14-15-17-13/h3-6,8-9,12,16H,7H2,1-2H3. The summed E-state index contributed by atoms with van der Waals surface area (Å²) in [6.45, 7) is 4.35. The minimum Gasteiger partial charge on any atom is -0.387 e. The maximum Gasteiger partial charge on any atom is 0.0954 e. The highest BCUT2D eigenvalue weighted by Crippen LogP contribution is 2.21. The fourth-order valence-electron chi connectivity index (χ4n) is 1.68. The SMILES string of the molecule is CC(C)c1ccc(CC(O)c2cnns2)cc1. The highest BCUT2D eigenvalue weighted by Gasteiger charge is 2.11. The molecule has 0 fully saturated rings. The minimum absolute atomic E-state index is 0.500. The molecule has 0 amide bonds. The summed E-state index contributed by atoms with van der Waals surface area (Å²) in [4.78, 5) is 0.818. The van der Waals surface area contributed by atoms with Crippen LogP contribution in [-0.4, -0.2) is 14.7 Å². The first-order valence-electron chi connectivity index (χ1n) is 5.71. The van der Waals surface area contributed by atoms with Gasteiger partial charge in [-0.2, -0.15) is 0 Å². The van der Waals surface area contributed by atoms with Gasteiger partial charge in [-0.25, -0.2) is 0 Å². The summed E-state index contributed by atoms with van der Waals surface area (Å²) in [6.07, 6.45) is 1.74. The lowest BCUT2D eigenvalue weighted by atomic mass is 9.99. The van der Waals surface area contributed by atoms with Gasteiger partial charge in [-0.15, -0.1) is 5.10 Å². The fraction of sp³-hybridized carbons (Fsp3) is 0.385. The largest absolute Gasteiger partial charge is 0.387 e. The summed E-state index contributed by atoms with van der Waals surface area (Å²) < 4.78 is 3.75. The molecule has 4 heteroatoms. The third-order valence-corrected chi connectivity index (χ3v) is 3.55. The average Bonchev–Trinajstić information content (AvgIpc) is 2.83. The molecule has 0 bridgehead atoms. The van der Waals surface area contributed by atoms with Crippen LogP contribution >= 0.6 is 11.5 Å². The summed E-state index contributed by atoms with van der Waals surface area (Å²) in [7, 11) is 0. The Labute approximate surface area is 105 Å². The Balaban J connectivity index is 2.04. The fourth-order valence-corrected chi connectivity index (χ4v) is 2.17. The first-order chi connectivity index (χ1) is 8.16. The Hall–Kier alpha value is -1.26. The maximum atomic E-state index is 9.97. The number of hydrogen-bond acceptors (Lipinski definition) is 4. The van der Waals surface area contributed by atoms with E-state index in [0.717, 1.165) is 10.4 Å². The van der Waals surface area contributed by atoms with Crippen LogP contribution in [0.15, 0.2) is 30.5 Å². The van der Waals surface area contributed by atoms with Crippen LogP contribution in [0.5, 0.6) is 0 Å². The molecule has 0 saturated carbocycles. The number of benzene rings is 1. The minimum atomic E-state index is -0.500. The molecule has 2 aromatic rings. The average molecular weight is 248 g/mol. The van der Waals surface area contributed by atoms with Gasteiger partial charge < -0.3 is 5.11 Å². The van der Waals surface area contributed by atoms with Crippen LogP contribution in [-0.2, 0) is 6.42 Å². The van der Waals surface area contributed by atoms with Crippen LogP contribution in [0.25, 0.3) is 0 Å². The number of rotatable bonds is 4. The summed E-state index contributed by atoms with van der Waals surface area (Å²) >= 11 is 1.25. The predicted molar refractivity (Wildman–Crippen MR) is 69.1 cm³/mol. The molecule has 0 saturated heterocycles. The van der Waals surface area contributed by atoms with Crippen molar-refractivity contribution in [2.75, 3.05) is 0 Å². The van der Waals surface area contributed by atoms with E-state index in [1.165, 1.54) is 17.1 Å². The van der Waals surface area contributed by atoms with Crippen molar-refractivity contribution < 1.29 is 5.11 Å². The third-order valence-electron chi connectivity index (χ3n) is 2.78. The van der Waals surface area contributed by atoms with Gasteiger partial charge in [0.05, 0.1) is 17.2 Å². The Morgan fingerprint density at radius 1 is 1.24 bits per heavy atom. The van der Waals surface area contributed by atoms with Crippen LogP contribution in [0.3, 0.4) is 0 Å². The van der Waals surface area contributed by atoms with E-state index in [1.54, 1.807) is 6.20 Å². The van der Waals surface area contributed by atoms with E-state index in [2.05, 4.69) is 47.7 Å². The quantitative estimate of drug-likeness (QED) is 0.905. The molecule has 1 aromatic heterocycles. The van der Waals surface area contributed by atoms with E-state index in [1.807, 2.05) is 0 Å². The molecule has 1 N–H and O–H groups in total. The van der Waals surface area contributed by atoms with Crippen LogP contribution in [0.2, 0.25) is 0 Å². The van der Waals surface area contributed by atoms with Crippen LogP contribution in [0.4, 0.5) is 0 Å². The summed E-state index contributed by atoms with van der Waals surface area (Å²) in [6, 6.07) is 8.40. The second-order valence-corrected chi connectivity index (χ2v) is 5.25. The Morgan fingerprint density at radius 3 is 2.47 bits per heavy atom. The van der Waals surface area contributed by atoms with Gasteiger partial charge in [-0.3, -0.25) is 0 Å². The van der Waals surface area contributed by atoms with Crippen molar-refractivity contribution >= 4 is 11.5 Å². The number of aromatic nitrogens is 2. The predicted octanol–water partition coefficient (Wildman–Crippen LogP) is 2.94. The normalized spacial score (nSPS) is 12.9. The Morgan fingerprint density at radius 2 is 1.94 bits per heavy atom. The molecule has 0 spiro atoms. The van der Waals surface area contributed by atoms with Gasteiger partial charge in [-0.1, -0.05) is 42.6 Å². The first kappa shape index (κ1) is 12.2. The number of aliphatic hydroxyl groups excluding tert-OH is 1. The summed E-state index contributed by atoms with van der Waals surface area (Å²) in [5.74, 6) is 0.541. The van der Waals surface area contributed by atoms with Crippen LogP contribution < -0.4 is 0 Å². The molecule has 0 radical (unpaired) electrons. The van der Waals surface area contributed by atoms with Crippen molar-refractivity contribution in [3.63, 3.8) is 0 Å². The second-order valence-electron chi connectivity index (χ2n) is 4.44. The second kappa shape index (κ2) is 5.38. The van der Waals surface area contributed by atoms with Gasteiger partial charge in [0.2, 0.25) is 0 Å². The van der Waals surface area contributed by atoms with E-state index < -0.39 is 6.10 Å².